The molecule has 1 aromatic heterocycles. The number of imidazole rings is 1. The summed E-state index contributed by atoms with van der Waals surface area (Å²) in [6.07, 6.45) is 6.35. The lowest BCUT2D eigenvalue weighted by molar-refractivity contribution is 0.189. The second-order valence-corrected chi connectivity index (χ2v) is 13.9. The lowest BCUT2D eigenvalue weighted by Crippen LogP contribution is -2.41. The number of halogens is 1. The molecule has 0 amide bonds. The minimum absolute atomic E-state index is 0.199. The van der Waals surface area contributed by atoms with Crippen molar-refractivity contribution in [1.29, 1.82) is 0 Å². The summed E-state index contributed by atoms with van der Waals surface area (Å²) in [6, 6.07) is 13.3. The number of hydrogen-bond donors (Lipinski definition) is 1. The maximum Gasteiger partial charge on any atom is 0.123 e. The van der Waals surface area contributed by atoms with Gasteiger partial charge >= 0.3 is 0 Å². The molecule has 0 spiro atoms. The Balaban J connectivity index is 1.22. The first-order valence-corrected chi connectivity index (χ1v) is 16.0. The van der Waals surface area contributed by atoms with Crippen LogP contribution in [0, 0.1) is 12.3 Å². The van der Waals surface area contributed by atoms with Crippen LogP contribution >= 0.6 is 0 Å². The molecule has 2 aromatic carbocycles. The van der Waals surface area contributed by atoms with Gasteiger partial charge in [-0.2, -0.15) is 0 Å². The van der Waals surface area contributed by atoms with Crippen LogP contribution in [0.4, 0.5) is 4.39 Å². The van der Waals surface area contributed by atoms with Gasteiger partial charge in [0.05, 0.1) is 17.1 Å². The number of benzene rings is 2. The molecule has 6 nitrogen and oxygen atoms in total. The molecule has 1 saturated heterocycles. The fourth-order valence-corrected chi connectivity index (χ4v) is 7.53. The summed E-state index contributed by atoms with van der Waals surface area (Å²) < 4.78 is 20.3. The van der Waals surface area contributed by atoms with Crippen molar-refractivity contribution in [2.75, 3.05) is 32.8 Å². The van der Waals surface area contributed by atoms with E-state index in [1.165, 1.54) is 39.2 Å². The van der Waals surface area contributed by atoms with Crippen LogP contribution in [0.25, 0.3) is 22.2 Å². The standard InChI is InChI=1S/C36H44FN5O/c1-23-5-8-29(22-41-14-12-28(37)21-41)40-31-11-13-36(3,4)19-30(31)35(23)42-15-16-43-34-10-7-25(17-27(34)20-42)26-6-9-32-33(18-26)39-24(2)38-32/h5-7,9-10,17-18,28,35H,8,11-16,19-22H2,1-4H3,(H,38,39)/b23-5+,40-29?/t28-,35?/m1/s1. The van der Waals surface area contributed by atoms with Crippen LogP contribution in [0.5, 0.6) is 5.75 Å². The van der Waals surface area contributed by atoms with Crippen molar-refractivity contribution < 1.29 is 9.13 Å². The Morgan fingerprint density at radius 3 is 2.77 bits per heavy atom. The number of aliphatic imine (C=N–C) groups is 1. The predicted molar refractivity (Wildman–Crippen MR) is 172 cm³/mol. The van der Waals surface area contributed by atoms with Crippen LogP contribution in [0.15, 0.2) is 64.3 Å². The zero-order chi connectivity index (χ0) is 29.7. The number of nitrogens with one attached hydrogen (secondary N) is 1. The van der Waals surface area contributed by atoms with Gasteiger partial charge in [0.2, 0.25) is 0 Å². The lowest BCUT2D eigenvalue weighted by Gasteiger charge is -2.41. The highest BCUT2D eigenvalue weighted by Gasteiger charge is 2.36. The van der Waals surface area contributed by atoms with Gasteiger partial charge in [-0.05, 0) is 85.9 Å². The van der Waals surface area contributed by atoms with Crippen molar-refractivity contribution in [2.24, 2.45) is 10.4 Å². The first-order valence-electron chi connectivity index (χ1n) is 16.0. The Morgan fingerprint density at radius 2 is 1.93 bits per heavy atom. The Kier molecular flexibility index (Phi) is 7.50. The Labute approximate surface area is 254 Å². The molecular weight excluding hydrogens is 537 g/mol. The summed E-state index contributed by atoms with van der Waals surface area (Å²) >= 11 is 0. The van der Waals surface area contributed by atoms with E-state index in [4.69, 9.17) is 9.73 Å². The zero-order valence-corrected chi connectivity index (χ0v) is 26.0. The third-order valence-electron chi connectivity index (χ3n) is 9.78. The van der Waals surface area contributed by atoms with E-state index in [1.54, 1.807) is 0 Å². The summed E-state index contributed by atoms with van der Waals surface area (Å²) in [5.41, 5.74) is 11.2. The average molecular weight is 582 g/mol. The number of nitrogens with zero attached hydrogens (tertiary/aromatic N) is 4. The molecule has 1 unspecified atom stereocenters. The molecule has 3 aromatic rings. The minimum atomic E-state index is -0.702. The van der Waals surface area contributed by atoms with E-state index in [9.17, 15) is 4.39 Å². The monoisotopic (exact) mass is 581 g/mol. The number of aryl methyl sites for hydroxylation is 1. The van der Waals surface area contributed by atoms with Crippen molar-refractivity contribution >= 4 is 16.7 Å². The number of likely N-dealkylation sites (tertiary alicyclic amines) is 1. The Morgan fingerprint density at radius 1 is 1.09 bits per heavy atom. The number of ether oxygens (including phenoxy) is 1. The van der Waals surface area contributed by atoms with Crippen molar-refractivity contribution in [3.05, 3.63) is 70.7 Å². The molecule has 7 rings (SSSR count). The van der Waals surface area contributed by atoms with E-state index in [-0.39, 0.29) is 11.5 Å². The SMILES string of the molecule is C/C1=C\CC(CN2CC[C@@H](F)C2)=NC2=C(CC(C)(C)CC2)C1N1CCOc2ccc(-c3ccc4nc(C)[nH]c4c3)cc2C1. The molecule has 1 aliphatic carbocycles. The Hall–Kier alpha value is -3.29. The van der Waals surface area contributed by atoms with Crippen LogP contribution in [0.3, 0.4) is 0 Å². The summed E-state index contributed by atoms with van der Waals surface area (Å²) in [5, 5.41) is 0. The fourth-order valence-electron chi connectivity index (χ4n) is 7.53. The van der Waals surface area contributed by atoms with Gasteiger partial charge in [-0.15, -0.1) is 0 Å². The summed E-state index contributed by atoms with van der Waals surface area (Å²) in [6.45, 7) is 13.6. The molecule has 0 bridgehead atoms. The van der Waals surface area contributed by atoms with E-state index in [0.717, 1.165) is 74.5 Å². The second kappa shape index (κ2) is 11.3. The third-order valence-corrected chi connectivity index (χ3v) is 9.78. The largest absolute Gasteiger partial charge is 0.492 e. The molecule has 3 aliphatic heterocycles. The molecule has 0 radical (unpaired) electrons. The number of aromatic nitrogens is 2. The highest BCUT2D eigenvalue weighted by Crippen LogP contribution is 2.44. The molecule has 0 saturated carbocycles. The average Bonchev–Trinajstić information content (AvgIpc) is 3.48. The summed E-state index contributed by atoms with van der Waals surface area (Å²) in [7, 11) is 0. The third kappa shape index (κ3) is 5.94. The molecule has 43 heavy (non-hydrogen) atoms. The van der Waals surface area contributed by atoms with E-state index in [0.29, 0.717) is 19.6 Å². The number of alkyl halides is 1. The van der Waals surface area contributed by atoms with Gasteiger partial charge in [-0.25, -0.2) is 9.37 Å². The van der Waals surface area contributed by atoms with Crippen molar-refractivity contribution in [2.45, 2.75) is 78.6 Å². The van der Waals surface area contributed by atoms with Crippen LogP contribution in [-0.2, 0) is 6.54 Å². The van der Waals surface area contributed by atoms with Crippen molar-refractivity contribution in [1.82, 2.24) is 19.8 Å². The highest BCUT2D eigenvalue weighted by molar-refractivity contribution is 5.89. The fraction of sp³-hybridized carbons (Fsp3) is 0.500. The molecule has 1 fully saturated rings. The van der Waals surface area contributed by atoms with Crippen molar-refractivity contribution in [3.63, 3.8) is 0 Å². The molecule has 1 N–H and O–H groups in total. The summed E-state index contributed by atoms with van der Waals surface area (Å²) in [4.78, 5) is 18.2. The molecule has 226 valence electrons. The number of H-pyrrole nitrogens is 1. The quantitative estimate of drug-likeness (QED) is 0.326. The van der Waals surface area contributed by atoms with Crippen LogP contribution < -0.4 is 4.74 Å². The van der Waals surface area contributed by atoms with E-state index >= 15 is 0 Å². The van der Waals surface area contributed by atoms with Crippen LogP contribution in [-0.4, -0.2) is 70.5 Å². The molecule has 7 heteroatoms. The van der Waals surface area contributed by atoms with Gasteiger partial charge in [0.25, 0.3) is 0 Å². The van der Waals surface area contributed by atoms with Crippen LogP contribution in [0.2, 0.25) is 0 Å². The van der Waals surface area contributed by atoms with Gasteiger partial charge in [-0.1, -0.05) is 37.6 Å². The lowest BCUT2D eigenvalue weighted by atomic mass is 9.72. The predicted octanol–water partition coefficient (Wildman–Crippen LogP) is 7.40. The first-order chi connectivity index (χ1) is 20.7. The second-order valence-electron chi connectivity index (χ2n) is 13.9. The number of aromatic amines is 1. The van der Waals surface area contributed by atoms with E-state index < -0.39 is 6.17 Å². The first kappa shape index (κ1) is 28.5. The normalized spacial score (nSPS) is 26.1. The zero-order valence-electron chi connectivity index (χ0n) is 26.0. The smallest absolute Gasteiger partial charge is 0.123 e. The molecule has 4 aliphatic rings. The maximum absolute atomic E-state index is 13.9. The number of fused-ring (bicyclic) bond motifs is 2. The molecule has 4 heterocycles. The molecule has 2 atom stereocenters. The van der Waals surface area contributed by atoms with Gasteiger partial charge in [-0.3, -0.25) is 14.8 Å². The number of allylic oxidation sites excluding steroid dienone is 2. The van der Waals surface area contributed by atoms with Gasteiger partial charge in [0.1, 0.15) is 24.4 Å². The topological polar surface area (TPSA) is 56.8 Å². The highest BCUT2D eigenvalue weighted by atomic mass is 19.1. The van der Waals surface area contributed by atoms with E-state index in [1.807, 2.05) is 6.92 Å². The van der Waals surface area contributed by atoms with Crippen molar-refractivity contribution in [3.8, 4) is 16.9 Å². The maximum atomic E-state index is 13.9. The van der Waals surface area contributed by atoms with Gasteiger partial charge < -0.3 is 9.72 Å². The van der Waals surface area contributed by atoms with Crippen LogP contribution in [0.1, 0.15) is 64.3 Å². The Bertz CT molecular complexity index is 1630. The molecular formula is C36H44FN5O. The van der Waals surface area contributed by atoms with Gasteiger partial charge in [0.15, 0.2) is 0 Å². The number of hydrogen-bond acceptors (Lipinski definition) is 5. The minimum Gasteiger partial charge on any atom is -0.492 e. The number of rotatable bonds is 4. The van der Waals surface area contributed by atoms with E-state index in [2.05, 4.69) is 83.0 Å². The van der Waals surface area contributed by atoms with Gasteiger partial charge in [0, 0.05) is 56.1 Å². The summed E-state index contributed by atoms with van der Waals surface area (Å²) in [5.74, 6) is 1.91.